The number of hydrogen-bond donors (Lipinski definition) is 2. The molecular formula is C13H19NO3. The Hall–Kier alpha value is -1.06. The molecule has 17 heavy (non-hydrogen) atoms. The first-order valence-corrected chi connectivity index (χ1v) is 6.65. The summed E-state index contributed by atoms with van der Waals surface area (Å²) in [7, 11) is 0. The maximum absolute atomic E-state index is 12.0. The van der Waals surface area contributed by atoms with Crippen LogP contribution in [0.3, 0.4) is 0 Å². The molecule has 4 nitrogen and oxygen atoms in total. The van der Waals surface area contributed by atoms with Crippen molar-refractivity contribution in [1.29, 1.82) is 0 Å². The van der Waals surface area contributed by atoms with Gasteiger partial charge < -0.3 is 10.4 Å². The van der Waals surface area contributed by atoms with Crippen molar-refractivity contribution in [2.24, 2.45) is 23.2 Å². The highest BCUT2D eigenvalue weighted by Crippen LogP contribution is 2.55. The van der Waals surface area contributed by atoms with E-state index in [4.69, 9.17) is 5.11 Å². The molecule has 0 heterocycles. The third-order valence-electron chi connectivity index (χ3n) is 4.87. The number of amides is 1. The quantitative estimate of drug-likeness (QED) is 0.776. The number of aliphatic carboxylic acids is 1. The van der Waals surface area contributed by atoms with E-state index in [1.54, 1.807) is 0 Å². The Kier molecular flexibility index (Phi) is 2.42. The minimum absolute atomic E-state index is 0.106. The minimum atomic E-state index is -0.758. The van der Waals surface area contributed by atoms with E-state index in [0.29, 0.717) is 31.2 Å². The van der Waals surface area contributed by atoms with Crippen molar-refractivity contribution < 1.29 is 14.7 Å². The lowest BCUT2D eigenvalue weighted by molar-refractivity contribution is -0.143. The lowest BCUT2D eigenvalue weighted by Crippen LogP contribution is -2.35. The van der Waals surface area contributed by atoms with Gasteiger partial charge in [-0.05, 0) is 37.5 Å². The normalized spacial score (nSPS) is 36.8. The van der Waals surface area contributed by atoms with Gasteiger partial charge in [0.05, 0.1) is 5.41 Å². The first kappa shape index (κ1) is 11.1. The van der Waals surface area contributed by atoms with Gasteiger partial charge in [-0.1, -0.05) is 12.8 Å². The number of rotatable bonds is 4. The average Bonchev–Trinajstić information content (AvgIpc) is 3.20. The van der Waals surface area contributed by atoms with Crippen LogP contribution in [0.5, 0.6) is 0 Å². The van der Waals surface area contributed by atoms with Crippen molar-refractivity contribution in [2.45, 2.75) is 38.5 Å². The third-order valence-corrected chi connectivity index (χ3v) is 4.87. The topological polar surface area (TPSA) is 66.4 Å². The zero-order valence-electron chi connectivity index (χ0n) is 9.95. The summed E-state index contributed by atoms with van der Waals surface area (Å²) in [6, 6.07) is 0. The van der Waals surface area contributed by atoms with Gasteiger partial charge in [-0.15, -0.1) is 0 Å². The van der Waals surface area contributed by atoms with Crippen LogP contribution in [-0.4, -0.2) is 23.5 Å². The minimum Gasteiger partial charge on any atom is -0.481 e. The molecule has 3 saturated carbocycles. The van der Waals surface area contributed by atoms with Gasteiger partial charge in [-0.25, -0.2) is 0 Å². The second kappa shape index (κ2) is 3.72. The number of fused-ring (bicyclic) bond motifs is 1. The lowest BCUT2D eigenvalue weighted by Gasteiger charge is -2.10. The molecule has 4 heteroatoms. The summed E-state index contributed by atoms with van der Waals surface area (Å²) < 4.78 is 0. The van der Waals surface area contributed by atoms with Crippen LogP contribution in [0.1, 0.15) is 38.5 Å². The fourth-order valence-electron chi connectivity index (χ4n) is 3.37. The van der Waals surface area contributed by atoms with Crippen LogP contribution < -0.4 is 5.32 Å². The third kappa shape index (κ3) is 1.83. The molecule has 0 saturated heterocycles. The highest BCUT2D eigenvalue weighted by molar-refractivity contribution is 5.84. The Morgan fingerprint density at radius 2 is 1.76 bits per heavy atom. The number of carbonyl (C=O) groups is 2. The summed E-state index contributed by atoms with van der Waals surface area (Å²) in [6.45, 7) is 0.330. The molecule has 3 aliphatic carbocycles. The molecule has 1 amide bonds. The predicted molar refractivity (Wildman–Crippen MR) is 61.3 cm³/mol. The van der Waals surface area contributed by atoms with Gasteiger partial charge in [0.25, 0.3) is 0 Å². The molecule has 0 aromatic heterocycles. The average molecular weight is 237 g/mol. The lowest BCUT2D eigenvalue weighted by atomic mass is 10.0. The van der Waals surface area contributed by atoms with Crippen molar-refractivity contribution in [3.8, 4) is 0 Å². The van der Waals surface area contributed by atoms with Crippen LogP contribution in [0.15, 0.2) is 0 Å². The molecule has 3 rings (SSSR count). The summed E-state index contributed by atoms with van der Waals surface area (Å²) in [5.74, 6) is 0.745. The van der Waals surface area contributed by atoms with Crippen LogP contribution in [0.2, 0.25) is 0 Å². The van der Waals surface area contributed by atoms with Gasteiger partial charge in [0.1, 0.15) is 0 Å². The number of carbonyl (C=O) groups excluding carboxylic acids is 1. The summed E-state index contributed by atoms with van der Waals surface area (Å²) >= 11 is 0. The van der Waals surface area contributed by atoms with Gasteiger partial charge in [-0.3, -0.25) is 9.59 Å². The highest BCUT2D eigenvalue weighted by Gasteiger charge is 2.56. The molecule has 2 atom stereocenters. The van der Waals surface area contributed by atoms with Crippen molar-refractivity contribution in [1.82, 2.24) is 5.32 Å². The van der Waals surface area contributed by atoms with Gasteiger partial charge in [0.2, 0.25) is 5.91 Å². The van der Waals surface area contributed by atoms with E-state index in [0.717, 1.165) is 0 Å². The highest BCUT2D eigenvalue weighted by atomic mass is 16.4. The fourth-order valence-corrected chi connectivity index (χ4v) is 3.37. The van der Waals surface area contributed by atoms with E-state index in [-0.39, 0.29) is 11.8 Å². The molecule has 0 aromatic rings. The van der Waals surface area contributed by atoms with Crippen molar-refractivity contribution >= 4 is 11.9 Å². The maximum Gasteiger partial charge on any atom is 0.311 e. The Morgan fingerprint density at radius 3 is 2.24 bits per heavy atom. The Morgan fingerprint density at radius 1 is 1.18 bits per heavy atom. The summed E-state index contributed by atoms with van der Waals surface area (Å²) in [4.78, 5) is 22.9. The van der Waals surface area contributed by atoms with Gasteiger partial charge in [0, 0.05) is 12.5 Å². The maximum atomic E-state index is 12.0. The van der Waals surface area contributed by atoms with Gasteiger partial charge >= 0.3 is 5.97 Å². The largest absolute Gasteiger partial charge is 0.481 e. The second-order valence-corrected chi connectivity index (χ2v) is 5.94. The molecule has 0 aromatic carbocycles. The van der Waals surface area contributed by atoms with Crippen LogP contribution in [0.25, 0.3) is 0 Å². The Labute approximate surface area is 101 Å². The van der Waals surface area contributed by atoms with Crippen LogP contribution in [-0.2, 0) is 9.59 Å². The first-order chi connectivity index (χ1) is 8.14. The summed E-state index contributed by atoms with van der Waals surface area (Å²) in [5.41, 5.74) is -0.629. The molecule has 94 valence electrons. The van der Waals surface area contributed by atoms with Crippen molar-refractivity contribution in [2.75, 3.05) is 6.54 Å². The molecule has 2 N–H and O–H groups in total. The Bertz CT molecular complexity index is 350. The SMILES string of the molecule is O=C(NCC1(C(=O)O)CC1)C1C2CCCCC21. The van der Waals surface area contributed by atoms with Gasteiger partial charge in [0.15, 0.2) is 0 Å². The first-order valence-electron chi connectivity index (χ1n) is 6.65. The number of hydrogen-bond acceptors (Lipinski definition) is 2. The van der Waals surface area contributed by atoms with E-state index >= 15 is 0 Å². The Balaban J connectivity index is 1.50. The van der Waals surface area contributed by atoms with Crippen molar-refractivity contribution in [3.63, 3.8) is 0 Å². The van der Waals surface area contributed by atoms with E-state index in [9.17, 15) is 9.59 Å². The van der Waals surface area contributed by atoms with E-state index in [1.165, 1.54) is 25.7 Å². The second-order valence-electron chi connectivity index (χ2n) is 5.94. The van der Waals surface area contributed by atoms with E-state index in [1.807, 2.05) is 0 Å². The number of carboxylic acids is 1. The van der Waals surface area contributed by atoms with Crippen LogP contribution in [0, 0.1) is 23.2 Å². The van der Waals surface area contributed by atoms with E-state index in [2.05, 4.69) is 5.32 Å². The van der Waals surface area contributed by atoms with E-state index < -0.39 is 11.4 Å². The predicted octanol–water partition coefficient (Wildman–Crippen LogP) is 1.40. The summed E-state index contributed by atoms with van der Waals surface area (Å²) in [5, 5.41) is 11.9. The van der Waals surface area contributed by atoms with Crippen LogP contribution in [0.4, 0.5) is 0 Å². The van der Waals surface area contributed by atoms with Crippen molar-refractivity contribution in [3.05, 3.63) is 0 Å². The molecule has 0 bridgehead atoms. The zero-order chi connectivity index (χ0) is 12.0. The standard InChI is InChI=1S/C13H19NO3/c15-11(10-8-3-1-2-4-9(8)10)14-7-13(5-6-13)12(16)17/h8-10H,1-7H2,(H,14,15)(H,16,17). The molecule has 3 aliphatic rings. The smallest absolute Gasteiger partial charge is 0.311 e. The zero-order valence-corrected chi connectivity index (χ0v) is 9.95. The molecule has 2 unspecified atom stereocenters. The summed E-state index contributed by atoms with van der Waals surface area (Å²) in [6.07, 6.45) is 6.30. The number of carboxylic acid groups (broad SMARTS) is 1. The van der Waals surface area contributed by atoms with Gasteiger partial charge in [-0.2, -0.15) is 0 Å². The molecule has 3 fully saturated rings. The molecule has 0 radical (unpaired) electrons. The number of nitrogens with one attached hydrogen (secondary N) is 1. The monoisotopic (exact) mass is 237 g/mol. The molecule has 0 aliphatic heterocycles. The molecule has 0 spiro atoms. The molecular weight excluding hydrogens is 218 g/mol. The fraction of sp³-hybridized carbons (Fsp3) is 0.846. The van der Waals surface area contributed by atoms with Crippen LogP contribution >= 0.6 is 0 Å².